The van der Waals surface area contributed by atoms with Gasteiger partial charge in [0.25, 0.3) is 5.91 Å². The largest absolute Gasteiger partial charge is 0.376 e. The van der Waals surface area contributed by atoms with Gasteiger partial charge in [-0.05, 0) is 44.7 Å². The van der Waals surface area contributed by atoms with E-state index in [4.69, 9.17) is 9.84 Å². The first-order valence-corrected chi connectivity index (χ1v) is 9.59. The van der Waals surface area contributed by atoms with Crippen LogP contribution >= 0.6 is 0 Å². The van der Waals surface area contributed by atoms with Gasteiger partial charge in [-0.15, -0.1) is 0 Å². The lowest BCUT2D eigenvalue weighted by Crippen LogP contribution is -2.39. The van der Waals surface area contributed by atoms with Crippen molar-refractivity contribution >= 4 is 5.91 Å². The molecule has 1 unspecified atom stereocenters. The number of likely N-dealkylation sites (tertiary alicyclic amines) is 1. The van der Waals surface area contributed by atoms with E-state index in [-0.39, 0.29) is 11.9 Å². The van der Waals surface area contributed by atoms with E-state index in [9.17, 15) is 4.79 Å². The Balaban J connectivity index is 1.69. The molecule has 0 aliphatic carbocycles. The average Bonchev–Trinajstić information content (AvgIpc) is 3.07. The quantitative estimate of drug-likeness (QED) is 0.850. The van der Waals surface area contributed by atoms with Crippen LogP contribution in [0.4, 0.5) is 0 Å². The topological polar surface area (TPSA) is 60.2 Å². The molecule has 6 heteroatoms. The van der Waals surface area contributed by atoms with Crippen molar-refractivity contribution in [3.63, 3.8) is 0 Å². The van der Waals surface area contributed by atoms with Crippen LogP contribution in [0.3, 0.4) is 0 Å². The Hall–Kier alpha value is -2.21. The molecule has 4 rings (SSSR count). The van der Waals surface area contributed by atoms with Crippen molar-refractivity contribution in [1.29, 1.82) is 0 Å². The number of fused-ring (bicyclic) bond motifs is 1. The molecule has 2 aliphatic rings. The molecule has 1 atom stereocenters. The highest BCUT2D eigenvalue weighted by molar-refractivity contribution is 5.92. The molecule has 0 radical (unpaired) electrons. The predicted molar refractivity (Wildman–Crippen MR) is 97.9 cm³/mol. The van der Waals surface area contributed by atoms with Crippen LogP contribution in [-0.2, 0) is 24.3 Å². The lowest BCUT2D eigenvalue weighted by atomic mass is 9.95. The maximum Gasteiger partial charge on any atom is 0.273 e. The SMILES string of the molecule is CCn1nc(C2CCCCN2C(=O)c2ccc(C)cn2)c2c1CCOC2. The van der Waals surface area contributed by atoms with E-state index >= 15 is 0 Å². The number of aromatic nitrogens is 3. The summed E-state index contributed by atoms with van der Waals surface area (Å²) in [5.41, 5.74) is 5.08. The zero-order valence-corrected chi connectivity index (χ0v) is 15.6. The molecule has 1 saturated heterocycles. The summed E-state index contributed by atoms with van der Waals surface area (Å²) in [6, 6.07) is 3.79. The summed E-state index contributed by atoms with van der Waals surface area (Å²) in [7, 11) is 0. The van der Waals surface area contributed by atoms with Crippen LogP contribution < -0.4 is 0 Å². The van der Waals surface area contributed by atoms with E-state index in [1.165, 1.54) is 11.3 Å². The smallest absolute Gasteiger partial charge is 0.273 e. The van der Waals surface area contributed by atoms with Crippen LogP contribution in [0.5, 0.6) is 0 Å². The Morgan fingerprint density at radius 1 is 1.35 bits per heavy atom. The van der Waals surface area contributed by atoms with Crippen molar-refractivity contribution in [3.8, 4) is 0 Å². The molecular weight excluding hydrogens is 328 g/mol. The standard InChI is InChI=1S/C20H26N4O2/c1-3-24-17-9-11-26-13-15(17)19(22-24)18-6-4-5-10-23(18)20(25)16-8-7-14(2)12-21-16/h7-8,12,18H,3-6,9-11,13H2,1-2H3. The fourth-order valence-corrected chi connectivity index (χ4v) is 4.06. The molecule has 26 heavy (non-hydrogen) atoms. The van der Waals surface area contributed by atoms with Crippen LogP contribution in [0.1, 0.15) is 65.2 Å². The van der Waals surface area contributed by atoms with E-state index in [2.05, 4.69) is 16.6 Å². The second kappa shape index (κ2) is 7.19. The number of amides is 1. The summed E-state index contributed by atoms with van der Waals surface area (Å²) < 4.78 is 7.80. The monoisotopic (exact) mass is 354 g/mol. The minimum absolute atomic E-state index is 0.00577. The Kier molecular flexibility index (Phi) is 4.76. The van der Waals surface area contributed by atoms with E-state index in [1.807, 2.05) is 24.0 Å². The van der Waals surface area contributed by atoms with Gasteiger partial charge in [-0.3, -0.25) is 14.5 Å². The van der Waals surface area contributed by atoms with E-state index in [0.29, 0.717) is 12.3 Å². The van der Waals surface area contributed by atoms with Crippen LogP contribution in [0.25, 0.3) is 0 Å². The van der Waals surface area contributed by atoms with E-state index in [1.54, 1.807) is 6.20 Å². The number of carbonyl (C=O) groups is 1. The first-order valence-electron chi connectivity index (χ1n) is 9.59. The lowest BCUT2D eigenvalue weighted by molar-refractivity contribution is 0.0590. The fraction of sp³-hybridized carbons (Fsp3) is 0.550. The maximum atomic E-state index is 13.1. The van der Waals surface area contributed by atoms with Gasteiger partial charge in [0.05, 0.1) is 24.9 Å². The molecule has 4 heterocycles. The average molecular weight is 354 g/mol. The van der Waals surface area contributed by atoms with E-state index < -0.39 is 0 Å². The number of nitrogens with zero attached hydrogens (tertiary/aromatic N) is 4. The number of hydrogen-bond donors (Lipinski definition) is 0. The molecule has 2 aliphatic heterocycles. The number of aryl methyl sites for hydroxylation is 2. The van der Waals surface area contributed by atoms with Crippen molar-refractivity contribution in [1.82, 2.24) is 19.7 Å². The number of ether oxygens (including phenoxy) is 1. The Morgan fingerprint density at radius 2 is 2.23 bits per heavy atom. The van der Waals surface area contributed by atoms with Crippen molar-refractivity contribution in [2.75, 3.05) is 13.2 Å². The normalized spacial score (nSPS) is 20.1. The Labute approximate surface area is 154 Å². The molecule has 1 amide bonds. The number of pyridine rings is 1. The maximum absolute atomic E-state index is 13.1. The fourth-order valence-electron chi connectivity index (χ4n) is 4.06. The number of carbonyl (C=O) groups excluding carboxylic acids is 1. The van der Waals surface area contributed by atoms with Gasteiger partial charge < -0.3 is 9.64 Å². The van der Waals surface area contributed by atoms with Gasteiger partial charge in [0.2, 0.25) is 0 Å². The molecular formula is C20H26N4O2. The molecule has 2 aromatic rings. The summed E-state index contributed by atoms with van der Waals surface area (Å²) >= 11 is 0. The third-order valence-electron chi connectivity index (χ3n) is 5.44. The molecule has 138 valence electrons. The summed E-state index contributed by atoms with van der Waals surface area (Å²) in [5.74, 6) is 0.00577. The van der Waals surface area contributed by atoms with Gasteiger partial charge in [-0.1, -0.05) is 6.07 Å². The highest BCUT2D eigenvalue weighted by atomic mass is 16.5. The zero-order valence-electron chi connectivity index (χ0n) is 15.6. The van der Waals surface area contributed by atoms with Crippen molar-refractivity contribution in [3.05, 3.63) is 46.5 Å². The Bertz CT molecular complexity index is 797. The third kappa shape index (κ3) is 3.03. The van der Waals surface area contributed by atoms with Gasteiger partial charge >= 0.3 is 0 Å². The molecule has 1 fully saturated rings. The minimum atomic E-state index is 0.00577. The van der Waals surface area contributed by atoms with E-state index in [0.717, 1.165) is 56.6 Å². The van der Waals surface area contributed by atoms with Crippen LogP contribution in [0, 0.1) is 6.92 Å². The molecule has 0 N–H and O–H groups in total. The highest BCUT2D eigenvalue weighted by Crippen LogP contribution is 2.35. The molecule has 2 aromatic heterocycles. The molecule has 6 nitrogen and oxygen atoms in total. The van der Waals surface area contributed by atoms with Gasteiger partial charge in [0.1, 0.15) is 5.69 Å². The summed E-state index contributed by atoms with van der Waals surface area (Å²) in [4.78, 5) is 19.5. The number of hydrogen-bond acceptors (Lipinski definition) is 4. The second-order valence-corrected chi connectivity index (χ2v) is 7.16. The zero-order chi connectivity index (χ0) is 18.1. The molecule has 0 bridgehead atoms. The molecule has 0 aromatic carbocycles. The summed E-state index contributed by atoms with van der Waals surface area (Å²) in [6.07, 6.45) is 5.75. The first-order chi connectivity index (χ1) is 12.7. The van der Waals surface area contributed by atoms with Crippen LogP contribution in [0.2, 0.25) is 0 Å². The summed E-state index contributed by atoms with van der Waals surface area (Å²) in [5, 5.41) is 4.90. The first kappa shape index (κ1) is 17.2. The lowest BCUT2D eigenvalue weighted by Gasteiger charge is -2.35. The van der Waals surface area contributed by atoms with Crippen LogP contribution in [-0.4, -0.2) is 38.7 Å². The number of rotatable bonds is 3. The third-order valence-corrected chi connectivity index (χ3v) is 5.44. The Morgan fingerprint density at radius 3 is 3.00 bits per heavy atom. The van der Waals surface area contributed by atoms with Gasteiger partial charge in [-0.2, -0.15) is 5.10 Å². The molecule has 0 spiro atoms. The predicted octanol–water partition coefficient (Wildman–Crippen LogP) is 3.05. The van der Waals surface area contributed by atoms with Crippen molar-refractivity contribution in [2.45, 2.75) is 58.7 Å². The van der Waals surface area contributed by atoms with Crippen LogP contribution in [0.15, 0.2) is 18.3 Å². The minimum Gasteiger partial charge on any atom is -0.376 e. The molecule has 0 saturated carbocycles. The van der Waals surface area contributed by atoms with Gasteiger partial charge in [-0.25, -0.2) is 0 Å². The van der Waals surface area contributed by atoms with Gasteiger partial charge in [0.15, 0.2) is 0 Å². The second-order valence-electron chi connectivity index (χ2n) is 7.16. The van der Waals surface area contributed by atoms with Crippen molar-refractivity contribution < 1.29 is 9.53 Å². The van der Waals surface area contributed by atoms with Crippen molar-refractivity contribution in [2.24, 2.45) is 0 Å². The highest BCUT2D eigenvalue weighted by Gasteiger charge is 2.34. The number of piperidine rings is 1. The summed E-state index contributed by atoms with van der Waals surface area (Å²) in [6.45, 7) is 7.06. The van der Waals surface area contributed by atoms with Gasteiger partial charge in [0, 0.05) is 37.0 Å².